The van der Waals surface area contributed by atoms with Gasteiger partial charge >= 0.3 is 5.97 Å². The maximum atomic E-state index is 13.9. The molecule has 2 fully saturated rings. The van der Waals surface area contributed by atoms with E-state index in [0.717, 1.165) is 49.5 Å². The van der Waals surface area contributed by atoms with Gasteiger partial charge in [-0.2, -0.15) is 5.10 Å². The zero-order chi connectivity index (χ0) is 30.2. The van der Waals surface area contributed by atoms with E-state index in [4.69, 9.17) is 11.6 Å². The highest BCUT2D eigenvalue weighted by atomic mass is 35.5. The van der Waals surface area contributed by atoms with Crippen LogP contribution in [0, 0.1) is 6.92 Å². The smallest absolute Gasteiger partial charge is 0.326 e. The molecule has 0 bridgehead atoms. The molecule has 0 amide bonds. The van der Waals surface area contributed by atoms with Gasteiger partial charge in [0.15, 0.2) is 9.84 Å². The van der Waals surface area contributed by atoms with Crippen LogP contribution < -0.4 is 9.80 Å². The van der Waals surface area contributed by atoms with Crippen molar-refractivity contribution in [3.05, 3.63) is 70.9 Å². The molecule has 2 aliphatic heterocycles. The van der Waals surface area contributed by atoms with Crippen molar-refractivity contribution in [1.82, 2.24) is 14.7 Å². The number of aliphatic carboxylic acids is 1. The molecule has 9 nitrogen and oxygen atoms in total. The van der Waals surface area contributed by atoms with E-state index in [1.807, 2.05) is 49.4 Å². The van der Waals surface area contributed by atoms with Gasteiger partial charge in [0.25, 0.3) is 0 Å². The molecule has 42 heavy (non-hydrogen) atoms. The Kier molecular flexibility index (Phi) is 8.60. The summed E-state index contributed by atoms with van der Waals surface area (Å²) in [7, 11) is -3.91. The van der Waals surface area contributed by atoms with Gasteiger partial charge in [0.1, 0.15) is 11.9 Å². The molecule has 0 aliphatic carbocycles. The summed E-state index contributed by atoms with van der Waals surface area (Å²) in [6.07, 6.45) is 0.683. The highest BCUT2D eigenvalue weighted by Crippen LogP contribution is 2.36. The maximum Gasteiger partial charge on any atom is 0.326 e. The Bertz CT molecular complexity index is 1530. The second-order valence-corrected chi connectivity index (χ2v) is 14.9. The Morgan fingerprint density at radius 2 is 1.74 bits per heavy atom. The predicted octanol–water partition coefficient (Wildman–Crippen LogP) is 4.51. The molecule has 3 heterocycles. The summed E-state index contributed by atoms with van der Waals surface area (Å²) in [5, 5.41) is 14.0. The number of anilines is 2. The number of hydrogen-bond donors (Lipinski definition) is 1. The molecule has 2 atom stereocenters. The molecule has 2 saturated heterocycles. The summed E-state index contributed by atoms with van der Waals surface area (Å²) in [5.41, 5.74) is 2.88. The first-order chi connectivity index (χ1) is 19.8. The van der Waals surface area contributed by atoms with Gasteiger partial charge in [-0.05, 0) is 64.3 Å². The van der Waals surface area contributed by atoms with Gasteiger partial charge in [0, 0.05) is 56.6 Å². The normalized spacial score (nSPS) is 20.3. The van der Waals surface area contributed by atoms with Gasteiger partial charge in [0.2, 0.25) is 0 Å². The molecule has 226 valence electrons. The monoisotopic (exact) mass is 613 g/mol. The van der Waals surface area contributed by atoms with Crippen LogP contribution >= 0.6 is 11.6 Å². The summed E-state index contributed by atoms with van der Waals surface area (Å²) in [4.78, 5) is 18.7. The van der Waals surface area contributed by atoms with Crippen molar-refractivity contribution >= 4 is 38.9 Å². The lowest BCUT2D eigenvalue weighted by Crippen LogP contribution is -2.53. The van der Waals surface area contributed by atoms with Crippen molar-refractivity contribution < 1.29 is 18.3 Å². The molecule has 0 radical (unpaired) electrons. The first-order valence-electron chi connectivity index (χ1n) is 14.5. The minimum atomic E-state index is -3.91. The van der Waals surface area contributed by atoms with Crippen LogP contribution in [-0.2, 0) is 27.6 Å². The lowest BCUT2D eigenvalue weighted by Gasteiger charge is -2.43. The Morgan fingerprint density at radius 3 is 2.36 bits per heavy atom. The third-order valence-corrected chi connectivity index (χ3v) is 11.0. The van der Waals surface area contributed by atoms with Crippen LogP contribution in [0.25, 0.3) is 0 Å². The number of benzene rings is 2. The molecule has 0 unspecified atom stereocenters. The minimum Gasteiger partial charge on any atom is -0.480 e. The Hall–Kier alpha value is -3.08. The zero-order valence-electron chi connectivity index (χ0n) is 24.7. The number of carboxylic acid groups (broad SMARTS) is 1. The second kappa shape index (κ2) is 11.9. The van der Waals surface area contributed by atoms with Crippen molar-refractivity contribution in [3.8, 4) is 0 Å². The lowest BCUT2D eigenvalue weighted by molar-refractivity contribution is -0.138. The molecule has 1 aromatic heterocycles. The van der Waals surface area contributed by atoms with E-state index in [1.54, 1.807) is 21.7 Å². The first kappa shape index (κ1) is 30.4. The number of carbonyl (C=O) groups is 1. The van der Waals surface area contributed by atoms with Crippen LogP contribution in [0.1, 0.15) is 38.4 Å². The molecule has 5 rings (SSSR count). The number of hydrogen-bond acceptors (Lipinski definition) is 7. The van der Waals surface area contributed by atoms with Crippen molar-refractivity contribution in [2.75, 3.05) is 42.5 Å². The predicted molar refractivity (Wildman–Crippen MR) is 166 cm³/mol. The lowest BCUT2D eigenvalue weighted by atomic mass is 10.0. The van der Waals surface area contributed by atoms with Crippen LogP contribution in [0.5, 0.6) is 0 Å². The van der Waals surface area contributed by atoms with E-state index < -0.39 is 27.1 Å². The van der Waals surface area contributed by atoms with E-state index in [2.05, 4.69) is 35.7 Å². The number of sulfone groups is 1. The van der Waals surface area contributed by atoms with E-state index in [9.17, 15) is 18.3 Å². The molecule has 2 aromatic carbocycles. The van der Waals surface area contributed by atoms with Gasteiger partial charge < -0.3 is 14.9 Å². The molecule has 1 N–H and O–H groups in total. The van der Waals surface area contributed by atoms with Crippen LogP contribution in [0.15, 0.2) is 59.5 Å². The van der Waals surface area contributed by atoms with Crippen LogP contribution in [0.2, 0.25) is 5.02 Å². The van der Waals surface area contributed by atoms with Gasteiger partial charge in [-0.15, -0.1) is 0 Å². The molecule has 11 heteroatoms. The SMILES string of the molecule is Cc1cc(N2C[C@H](S(=O)(=O)c3ccc(N4CCN(C(C)(C)C)CC4)cc3Cl)C[C@H]2C(=O)O)n(CCc2ccccc2)n1. The fraction of sp³-hybridized carbons (Fsp3) is 0.484. The summed E-state index contributed by atoms with van der Waals surface area (Å²) in [6.45, 7) is 12.5. The number of rotatable bonds is 8. The third kappa shape index (κ3) is 6.31. The Morgan fingerprint density at radius 1 is 1.05 bits per heavy atom. The topological polar surface area (TPSA) is 99.0 Å². The van der Waals surface area contributed by atoms with Crippen molar-refractivity contribution in [1.29, 1.82) is 0 Å². The fourth-order valence-electron chi connectivity index (χ4n) is 6.05. The van der Waals surface area contributed by atoms with E-state index in [-0.39, 0.29) is 28.4 Å². The molecule has 2 aliphatic rings. The van der Waals surface area contributed by atoms with Crippen molar-refractivity contribution in [3.63, 3.8) is 0 Å². The number of aromatic nitrogens is 2. The summed E-state index contributed by atoms with van der Waals surface area (Å²) >= 11 is 6.63. The Labute approximate surface area is 253 Å². The van der Waals surface area contributed by atoms with Crippen LogP contribution in [-0.4, -0.2) is 83.7 Å². The third-order valence-electron chi connectivity index (χ3n) is 8.43. The summed E-state index contributed by atoms with van der Waals surface area (Å²) in [6, 6.07) is 16.0. The summed E-state index contributed by atoms with van der Waals surface area (Å²) in [5.74, 6) is -0.443. The van der Waals surface area contributed by atoms with E-state index in [1.165, 1.54) is 0 Å². The quantitative estimate of drug-likeness (QED) is 0.396. The van der Waals surface area contributed by atoms with Crippen LogP contribution in [0.3, 0.4) is 0 Å². The van der Waals surface area contributed by atoms with Gasteiger partial charge in [-0.3, -0.25) is 4.90 Å². The van der Waals surface area contributed by atoms with Crippen LogP contribution in [0.4, 0.5) is 11.5 Å². The van der Waals surface area contributed by atoms with Crippen molar-refractivity contribution in [2.24, 2.45) is 0 Å². The molecule has 0 saturated carbocycles. The number of nitrogens with zero attached hydrogens (tertiary/aromatic N) is 5. The van der Waals surface area contributed by atoms with Gasteiger partial charge in [-0.1, -0.05) is 41.9 Å². The standard InChI is InChI=1S/C31H40ClN5O4S/c1-22-18-29(37(33-22)13-12-23-8-6-5-7-9-23)36-21-25(20-27(36)30(38)39)42(40,41)28-11-10-24(19-26(28)32)34-14-16-35(17-15-34)31(2,3)4/h5-11,18-19,25,27H,12-17,20-21H2,1-4H3,(H,38,39)/t25-,27+/m1/s1. The van der Waals surface area contributed by atoms with E-state index >= 15 is 0 Å². The average Bonchev–Trinajstić information content (AvgIpc) is 3.56. The molecular formula is C31H40ClN5O4S. The molecular weight excluding hydrogens is 574 g/mol. The molecule has 3 aromatic rings. The van der Waals surface area contributed by atoms with E-state index in [0.29, 0.717) is 12.4 Å². The number of halogens is 1. The average molecular weight is 614 g/mol. The van der Waals surface area contributed by atoms with Crippen molar-refractivity contribution in [2.45, 2.75) is 68.8 Å². The number of piperazine rings is 1. The van der Waals surface area contributed by atoms with Gasteiger partial charge in [-0.25, -0.2) is 17.9 Å². The number of aryl methyl sites for hydroxylation is 3. The number of carboxylic acids is 1. The maximum absolute atomic E-state index is 13.9. The van der Waals surface area contributed by atoms with Gasteiger partial charge in [0.05, 0.1) is 20.9 Å². The zero-order valence-corrected chi connectivity index (χ0v) is 26.3. The second-order valence-electron chi connectivity index (χ2n) is 12.3. The highest BCUT2D eigenvalue weighted by molar-refractivity contribution is 7.92. The first-order valence-corrected chi connectivity index (χ1v) is 16.4. The highest BCUT2D eigenvalue weighted by Gasteiger charge is 2.45. The largest absolute Gasteiger partial charge is 0.480 e. The Balaban J connectivity index is 1.34. The molecule has 0 spiro atoms. The summed E-state index contributed by atoms with van der Waals surface area (Å²) < 4.78 is 29.6. The fourth-order valence-corrected chi connectivity index (χ4v) is 8.29. The minimum absolute atomic E-state index is 0.0343.